The first-order valence-electron chi connectivity index (χ1n) is 7.50. The van der Waals surface area contributed by atoms with Crippen molar-refractivity contribution >= 4 is 11.9 Å². The number of rotatable bonds is 4. The number of amides is 1. The van der Waals surface area contributed by atoms with Gasteiger partial charge in [0.05, 0.1) is 5.69 Å². The predicted molar refractivity (Wildman–Crippen MR) is 84.2 cm³/mol. The molecule has 1 aliphatic heterocycles. The molecule has 1 saturated heterocycles. The maximum Gasteiger partial charge on any atom is 0.248 e. The molecule has 2 aromatic rings. The predicted octanol–water partition coefficient (Wildman–Crippen LogP) is 1.31. The van der Waals surface area contributed by atoms with Crippen molar-refractivity contribution in [2.45, 2.75) is 0 Å². The summed E-state index contributed by atoms with van der Waals surface area (Å²) >= 11 is 0. The van der Waals surface area contributed by atoms with Crippen LogP contribution < -0.4 is 4.90 Å². The fraction of sp³-hybridized carbons (Fsp3) is 0.375. The van der Waals surface area contributed by atoms with Crippen molar-refractivity contribution in [1.82, 2.24) is 14.5 Å². The van der Waals surface area contributed by atoms with E-state index in [4.69, 9.17) is 4.74 Å². The second-order valence-electron chi connectivity index (χ2n) is 5.35. The van der Waals surface area contributed by atoms with Gasteiger partial charge in [0.1, 0.15) is 12.4 Å². The number of ether oxygens (including phenoxy) is 1. The van der Waals surface area contributed by atoms with E-state index in [-0.39, 0.29) is 18.3 Å². The van der Waals surface area contributed by atoms with E-state index in [0.717, 1.165) is 0 Å². The minimum absolute atomic E-state index is 0.00963. The Morgan fingerprint density at radius 2 is 2.00 bits per heavy atom. The van der Waals surface area contributed by atoms with E-state index in [9.17, 15) is 9.18 Å². The summed E-state index contributed by atoms with van der Waals surface area (Å²) in [4.78, 5) is 20.0. The zero-order valence-electron chi connectivity index (χ0n) is 13.0. The van der Waals surface area contributed by atoms with Gasteiger partial charge in [-0.15, -0.1) is 0 Å². The molecular formula is C16H19FN4O2. The zero-order valence-corrected chi connectivity index (χ0v) is 13.0. The molecule has 7 heteroatoms. The molecule has 1 fully saturated rings. The average molecular weight is 318 g/mol. The molecule has 0 spiro atoms. The first kappa shape index (κ1) is 15.5. The lowest BCUT2D eigenvalue weighted by Gasteiger charge is -2.35. The molecule has 0 unspecified atom stereocenters. The smallest absolute Gasteiger partial charge is 0.248 e. The first-order valence-corrected chi connectivity index (χ1v) is 7.50. The summed E-state index contributed by atoms with van der Waals surface area (Å²) in [5, 5.41) is 0. The van der Waals surface area contributed by atoms with Gasteiger partial charge in [-0.05, 0) is 12.1 Å². The fourth-order valence-corrected chi connectivity index (χ4v) is 2.74. The van der Waals surface area contributed by atoms with E-state index in [2.05, 4.69) is 9.88 Å². The summed E-state index contributed by atoms with van der Waals surface area (Å²) in [6, 6.07) is 6.61. The van der Waals surface area contributed by atoms with Crippen molar-refractivity contribution in [3.8, 4) is 5.69 Å². The lowest BCUT2D eigenvalue weighted by molar-refractivity contribution is -0.135. The van der Waals surface area contributed by atoms with Crippen molar-refractivity contribution in [3.63, 3.8) is 0 Å². The van der Waals surface area contributed by atoms with Crippen LogP contribution in [0.25, 0.3) is 5.69 Å². The number of methoxy groups -OCH3 is 1. The van der Waals surface area contributed by atoms with Crippen LogP contribution in [0.15, 0.2) is 36.7 Å². The fourth-order valence-electron chi connectivity index (χ4n) is 2.74. The Balaban J connectivity index is 1.74. The van der Waals surface area contributed by atoms with Crippen molar-refractivity contribution in [2.24, 2.45) is 0 Å². The Labute approximate surface area is 134 Å². The highest BCUT2D eigenvalue weighted by Crippen LogP contribution is 2.21. The van der Waals surface area contributed by atoms with Crippen LogP contribution in [0, 0.1) is 5.82 Å². The molecule has 0 N–H and O–H groups in total. The number of benzene rings is 1. The summed E-state index contributed by atoms with van der Waals surface area (Å²) in [6.07, 6.45) is 3.40. The molecule has 1 aromatic heterocycles. The third kappa shape index (κ3) is 3.19. The van der Waals surface area contributed by atoms with Gasteiger partial charge < -0.3 is 14.5 Å². The number of aromatic nitrogens is 2. The SMILES string of the molecule is COCC(=O)N1CCN(c2nccn2-c2ccccc2F)CC1. The molecular weight excluding hydrogens is 299 g/mol. The van der Waals surface area contributed by atoms with Gasteiger partial charge in [0.15, 0.2) is 0 Å². The Bertz CT molecular complexity index is 680. The van der Waals surface area contributed by atoms with Crippen LogP contribution in [0.3, 0.4) is 0 Å². The molecule has 0 bridgehead atoms. The van der Waals surface area contributed by atoms with E-state index in [1.165, 1.54) is 13.2 Å². The van der Waals surface area contributed by atoms with Crippen molar-refractivity contribution in [2.75, 3.05) is 44.8 Å². The van der Waals surface area contributed by atoms with E-state index in [1.807, 2.05) is 0 Å². The van der Waals surface area contributed by atoms with Crippen molar-refractivity contribution in [3.05, 3.63) is 42.5 Å². The molecule has 1 aromatic carbocycles. The Morgan fingerprint density at radius 1 is 1.26 bits per heavy atom. The topological polar surface area (TPSA) is 50.6 Å². The van der Waals surface area contributed by atoms with E-state index in [1.54, 1.807) is 40.1 Å². The van der Waals surface area contributed by atoms with Crippen LogP contribution in [0.2, 0.25) is 0 Å². The molecule has 0 atom stereocenters. The number of nitrogens with zero attached hydrogens (tertiary/aromatic N) is 4. The van der Waals surface area contributed by atoms with E-state index in [0.29, 0.717) is 37.8 Å². The van der Waals surface area contributed by atoms with Gasteiger partial charge in [-0.1, -0.05) is 12.1 Å². The normalized spacial score (nSPS) is 15.0. The Hall–Kier alpha value is -2.41. The third-order valence-corrected chi connectivity index (χ3v) is 3.92. The summed E-state index contributed by atoms with van der Waals surface area (Å²) in [5.74, 6) is 0.388. The number of para-hydroxylation sites is 1. The van der Waals surface area contributed by atoms with Gasteiger partial charge in [-0.2, -0.15) is 0 Å². The molecule has 2 heterocycles. The van der Waals surface area contributed by atoms with Gasteiger partial charge in [0.25, 0.3) is 0 Å². The maximum absolute atomic E-state index is 14.0. The van der Waals surface area contributed by atoms with E-state index < -0.39 is 0 Å². The summed E-state index contributed by atoms with van der Waals surface area (Å²) < 4.78 is 20.6. The molecule has 1 aliphatic rings. The Morgan fingerprint density at radius 3 is 2.70 bits per heavy atom. The second kappa shape index (κ2) is 6.78. The molecule has 3 rings (SSSR count). The quantitative estimate of drug-likeness (QED) is 0.853. The second-order valence-corrected chi connectivity index (χ2v) is 5.35. The highest BCUT2D eigenvalue weighted by Gasteiger charge is 2.24. The monoisotopic (exact) mass is 318 g/mol. The van der Waals surface area contributed by atoms with Gasteiger partial charge in [0.2, 0.25) is 11.9 Å². The number of piperazine rings is 1. The largest absolute Gasteiger partial charge is 0.375 e. The van der Waals surface area contributed by atoms with Crippen LogP contribution in [0.4, 0.5) is 10.3 Å². The van der Waals surface area contributed by atoms with Crippen LogP contribution in [-0.2, 0) is 9.53 Å². The lowest BCUT2D eigenvalue weighted by atomic mass is 10.3. The molecule has 23 heavy (non-hydrogen) atoms. The molecule has 6 nitrogen and oxygen atoms in total. The number of halogens is 1. The number of carbonyl (C=O) groups excluding carboxylic acids is 1. The van der Waals surface area contributed by atoms with Crippen LogP contribution in [0.1, 0.15) is 0 Å². The minimum atomic E-state index is -0.291. The summed E-state index contributed by atoms with van der Waals surface area (Å²) in [6.45, 7) is 2.62. The van der Waals surface area contributed by atoms with E-state index >= 15 is 0 Å². The Kier molecular flexibility index (Phi) is 4.57. The zero-order chi connectivity index (χ0) is 16.2. The number of imidazole rings is 1. The van der Waals surface area contributed by atoms with Gasteiger partial charge in [0, 0.05) is 45.7 Å². The number of anilines is 1. The maximum atomic E-state index is 14.0. The van der Waals surface area contributed by atoms with Gasteiger partial charge in [-0.3, -0.25) is 9.36 Å². The van der Waals surface area contributed by atoms with Gasteiger partial charge >= 0.3 is 0 Å². The van der Waals surface area contributed by atoms with Crippen molar-refractivity contribution < 1.29 is 13.9 Å². The molecule has 0 aliphatic carbocycles. The minimum Gasteiger partial charge on any atom is -0.375 e. The molecule has 0 radical (unpaired) electrons. The molecule has 122 valence electrons. The number of hydrogen-bond donors (Lipinski definition) is 0. The third-order valence-electron chi connectivity index (χ3n) is 3.92. The average Bonchev–Trinajstić information content (AvgIpc) is 3.05. The highest BCUT2D eigenvalue weighted by atomic mass is 19.1. The van der Waals surface area contributed by atoms with Gasteiger partial charge in [-0.25, -0.2) is 9.37 Å². The standard InChI is InChI=1S/C16H19FN4O2/c1-23-12-15(22)19-8-10-20(11-9-19)16-18-6-7-21(16)14-5-3-2-4-13(14)17/h2-7H,8-12H2,1H3. The van der Waals surface area contributed by atoms with Crippen LogP contribution in [-0.4, -0.2) is 60.3 Å². The van der Waals surface area contributed by atoms with Crippen molar-refractivity contribution in [1.29, 1.82) is 0 Å². The highest BCUT2D eigenvalue weighted by molar-refractivity contribution is 5.77. The lowest BCUT2D eigenvalue weighted by Crippen LogP contribution is -2.50. The molecule has 0 saturated carbocycles. The summed E-state index contributed by atoms with van der Waals surface area (Å²) in [7, 11) is 1.51. The number of carbonyl (C=O) groups is 1. The summed E-state index contributed by atoms with van der Waals surface area (Å²) in [5.41, 5.74) is 0.470. The van der Waals surface area contributed by atoms with Crippen LogP contribution >= 0.6 is 0 Å². The van der Waals surface area contributed by atoms with Crippen LogP contribution in [0.5, 0.6) is 0 Å². The number of hydrogen-bond acceptors (Lipinski definition) is 4. The molecule has 1 amide bonds. The first-order chi connectivity index (χ1) is 11.2.